The second kappa shape index (κ2) is 7.49. The van der Waals surface area contributed by atoms with Crippen molar-refractivity contribution in [2.45, 2.75) is 13.3 Å². The Morgan fingerprint density at radius 3 is 2.70 bits per heavy atom. The van der Waals surface area contributed by atoms with Crippen LogP contribution in [-0.4, -0.2) is 41.9 Å². The highest BCUT2D eigenvalue weighted by atomic mass is 32.1. The van der Waals surface area contributed by atoms with Crippen LogP contribution in [0.3, 0.4) is 0 Å². The molecule has 0 unspecified atom stereocenters. The summed E-state index contributed by atoms with van der Waals surface area (Å²) in [6.07, 6.45) is 4.65. The molecule has 0 saturated heterocycles. The Balaban J connectivity index is 2.87. The average molecular weight is 298 g/mol. The average Bonchev–Trinajstić information content (AvgIpc) is 2.77. The summed E-state index contributed by atoms with van der Waals surface area (Å²) in [5, 5.41) is 2.84. The summed E-state index contributed by atoms with van der Waals surface area (Å²) >= 11 is 0.955. The maximum atomic E-state index is 11.6. The van der Waals surface area contributed by atoms with Crippen molar-refractivity contribution in [3.63, 3.8) is 0 Å². The maximum absolute atomic E-state index is 11.6. The van der Waals surface area contributed by atoms with E-state index in [0.717, 1.165) is 18.0 Å². The number of nitrogens with zero attached hydrogens (tertiary/aromatic N) is 2. The van der Waals surface area contributed by atoms with Crippen LogP contribution in [0.1, 0.15) is 23.7 Å². The lowest BCUT2D eigenvalue weighted by Gasteiger charge is -2.11. The van der Waals surface area contributed by atoms with Crippen LogP contribution in [0.2, 0.25) is 0 Å². The Kier molecular flexibility index (Phi) is 5.98. The predicted octanol–water partition coefficient (Wildman–Crippen LogP) is 1.68. The minimum Gasteiger partial charge on any atom is -0.472 e. The minimum absolute atomic E-state index is 0.0927. The lowest BCUT2D eigenvalue weighted by molar-refractivity contribution is 0.0997. The smallest absolute Gasteiger partial charge is 0.321 e. The molecule has 1 rings (SSSR count). The molecule has 7 nitrogen and oxygen atoms in total. The third-order valence-corrected chi connectivity index (χ3v) is 3.00. The Labute approximate surface area is 121 Å². The number of hydrogen-bond donors (Lipinski definition) is 2. The highest BCUT2D eigenvalue weighted by molar-refractivity contribution is 7.11. The molecule has 20 heavy (non-hydrogen) atoms. The van der Waals surface area contributed by atoms with E-state index in [1.165, 1.54) is 4.90 Å². The highest BCUT2D eigenvalue weighted by Gasteiger charge is 2.22. The predicted molar refractivity (Wildman–Crippen MR) is 78.3 cm³/mol. The van der Waals surface area contributed by atoms with Crippen LogP contribution in [0.5, 0.6) is 5.88 Å². The van der Waals surface area contributed by atoms with Gasteiger partial charge >= 0.3 is 6.03 Å². The number of ether oxygens (including phenoxy) is 1. The molecule has 8 heteroatoms. The molecule has 1 heterocycles. The zero-order valence-electron chi connectivity index (χ0n) is 11.7. The first-order chi connectivity index (χ1) is 9.47. The number of primary amides is 1. The summed E-state index contributed by atoms with van der Waals surface area (Å²) in [4.78, 5) is 24.4. The monoisotopic (exact) mass is 298 g/mol. The first-order valence-corrected chi connectivity index (χ1v) is 6.80. The van der Waals surface area contributed by atoms with Crippen LogP contribution in [0.15, 0.2) is 12.2 Å². The SMILES string of the molecule is CC/C=C/COc1nsc(NC(=O)N(C)C)c1C(N)=O. The van der Waals surface area contributed by atoms with Crippen LogP contribution >= 0.6 is 11.5 Å². The fourth-order valence-corrected chi connectivity index (χ4v) is 1.98. The summed E-state index contributed by atoms with van der Waals surface area (Å²) in [5.74, 6) is -0.556. The number of anilines is 1. The van der Waals surface area contributed by atoms with Crippen LogP contribution in [0.4, 0.5) is 9.80 Å². The molecule has 0 atom stereocenters. The molecule has 3 amide bonds. The fraction of sp³-hybridized carbons (Fsp3) is 0.417. The number of amides is 3. The molecule has 0 aliphatic rings. The van der Waals surface area contributed by atoms with Crippen molar-refractivity contribution < 1.29 is 14.3 Å². The highest BCUT2D eigenvalue weighted by Crippen LogP contribution is 2.30. The number of aromatic nitrogens is 1. The van der Waals surface area contributed by atoms with Crippen LogP contribution < -0.4 is 15.8 Å². The minimum atomic E-state index is -0.692. The second-order valence-corrected chi connectivity index (χ2v) is 4.84. The number of urea groups is 1. The van der Waals surface area contributed by atoms with E-state index in [9.17, 15) is 9.59 Å². The first-order valence-electron chi connectivity index (χ1n) is 6.02. The molecule has 1 aromatic heterocycles. The van der Waals surface area contributed by atoms with E-state index in [0.29, 0.717) is 6.61 Å². The van der Waals surface area contributed by atoms with Crippen LogP contribution in [0, 0.1) is 0 Å². The standard InChI is InChI=1S/C12H18N4O3S/c1-4-5-6-7-19-10-8(9(13)17)11(20-15-10)14-12(18)16(2)3/h5-6H,4,7H2,1-3H3,(H2,13,17)(H,14,18)/b6-5+. The molecule has 110 valence electrons. The molecular formula is C12H18N4O3S. The summed E-state index contributed by atoms with van der Waals surface area (Å²) in [5.41, 5.74) is 5.40. The number of nitrogens with two attached hydrogens (primary N) is 1. The normalized spacial score (nSPS) is 10.6. The zero-order valence-corrected chi connectivity index (χ0v) is 12.5. The van der Waals surface area contributed by atoms with Crippen molar-refractivity contribution in [2.75, 3.05) is 26.0 Å². The molecule has 0 fully saturated rings. The summed E-state index contributed by atoms with van der Waals surface area (Å²) < 4.78 is 9.37. The van der Waals surface area contributed by atoms with Crippen molar-refractivity contribution in [3.05, 3.63) is 17.7 Å². The topological polar surface area (TPSA) is 97.6 Å². The number of carbonyl (C=O) groups is 2. The van der Waals surface area contributed by atoms with E-state index in [4.69, 9.17) is 10.5 Å². The van der Waals surface area contributed by atoms with Crippen LogP contribution in [0.25, 0.3) is 0 Å². The molecule has 0 saturated carbocycles. The largest absolute Gasteiger partial charge is 0.472 e. The van der Waals surface area contributed by atoms with Gasteiger partial charge in [-0.05, 0) is 18.0 Å². The van der Waals surface area contributed by atoms with Gasteiger partial charge in [-0.1, -0.05) is 19.1 Å². The number of hydrogen-bond acceptors (Lipinski definition) is 5. The lowest BCUT2D eigenvalue weighted by atomic mass is 10.3. The number of nitrogens with one attached hydrogen (secondary N) is 1. The second-order valence-electron chi connectivity index (χ2n) is 4.07. The van der Waals surface area contributed by atoms with Crippen molar-refractivity contribution in [2.24, 2.45) is 5.73 Å². The first kappa shape index (κ1) is 16.0. The van der Waals surface area contributed by atoms with E-state index in [-0.39, 0.29) is 22.5 Å². The van der Waals surface area contributed by atoms with E-state index < -0.39 is 5.91 Å². The molecule has 0 aliphatic carbocycles. The van der Waals surface area contributed by atoms with Gasteiger partial charge in [-0.25, -0.2) is 4.79 Å². The van der Waals surface area contributed by atoms with Gasteiger partial charge in [0.25, 0.3) is 5.91 Å². The lowest BCUT2D eigenvalue weighted by Crippen LogP contribution is -2.28. The van der Waals surface area contributed by atoms with Gasteiger partial charge in [-0.3, -0.25) is 10.1 Å². The quantitative estimate of drug-likeness (QED) is 0.781. The van der Waals surface area contributed by atoms with Gasteiger partial charge in [0.2, 0.25) is 5.88 Å². The van der Waals surface area contributed by atoms with Gasteiger partial charge in [0.05, 0.1) is 0 Å². The molecule has 0 bridgehead atoms. The number of carbonyl (C=O) groups excluding carboxylic acids is 2. The number of rotatable bonds is 6. The molecule has 0 aliphatic heterocycles. The Morgan fingerprint density at radius 1 is 1.45 bits per heavy atom. The summed E-state index contributed by atoms with van der Waals surface area (Å²) in [6.45, 7) is 2.29. The van der Waals surface area contributed by atoms with Crippen molar-refractivity contribution in [3.8, 4) is 5.88 Å². The summed E-state index contributed by atoms with van der Waals surface area (Å²) in [6, 6.07) is -0.367. The van der Waals surface area contributed by atoms with Gasteiger partial charge in [0.1, 0.15) is 17.2 Å². The third-order valence-electron chi connectivity index (χ3n) is 2.25. The fourth-order valence-electron chi connectivity index (χ4n) is 1.25. The van der Waals surface area contributed by atoms with Gasteiger partial charge in [0, 0.05) is 14.1 Å². The molecule has 0 spiro atoms. The third kappa shape index (κ3) is 4.23. The summed E-state index contributed by atoms with van der Waals surface area (Å²) in [7, 11) is 3.18. The molecule has 0 aromatic carbocycles. The zero-order chi connectivity index (χ0) is 15.1. The molecule has 0 radical (unpaired) electrons. The Bertz CT molecular complexity index is 511. The molecule has 1 aromatic rings. The Hall–Kier alpha value is -2.09. The van der Waals surface area contributed by atoms with Gasteiger partial charge in [-0.2, -0.15) is 4.37 Å². The molecule has 3 N–H and O–H groups in total. The van der Waals surface area contributed by atoms with Crippen molar-refractivity contribution >= 4 is 28.5 Å². The van der Waals surface area contributed by atoms with Crippen molar-refractivity contribution in [1.82, 2.24) is 9.27 Å². The van der Waals surface area contributed by atoms with E-state index in [2.05, 4.69) is 9.69 Å². The van der Waals surface area contributed by atoms with E-state index in [1.54, 1.807) is 14.1 Å². The molecular weight excluding hydrogens is 280 g/mol. The maximum Gasteiger partial charge on any atom is 0.321 e. The van der Waals surface area contributed by atoms with E-state index >= 15 is 0 Å². The van der Waals surface area contributed by atoms with Gasteiger partial charge in [-0.15, -0.1) is 0 Å². The van der Waals surface area contributed by atoms with Crippen LogP contribution in [-0.2, 0) is 0 Å². The van der Waals surface area contributed by atoms with E-state index in [1.807, 2.05) is 19.1 Å². The van der Waals surface area contributed by atoms with Crippen molar-refractivity contribution in [1.29, 1.82) is 0 Å². The van der Waals surface area contributed by atoms with Gasteiger partial charge < -0.3 is 15.4 Å². The van der Waals surface area contributed by atoms with Gasteiger partial charge in [0.15, 0.2) is 0 Å². The Morgan fingerprint density at radius 2 is 2.15 bits per heavy atom. The number of allylic oxidation sites excluding steroid dienone is 1.